The third-order valence-electron chi connectivity index (χ3n) is 2.84. The smallest absolute Gasteiger partial charge is 0.253 e. The van der Waals surface area contributed by atoms with Gasteiger partial charge in [-0.25, -0.2) is 0 Å². The van der Waals surface area contributed by atoms with E-state index in [2.05, 4.69) is 10.6 Å². The van der Waals surface area contributed by atoms with Crippen LogP contribution in [0.2, 0.25) is 5.02 Å². The van der Waals surface area contributed by atoms with Crippen LogP contribution in [0.4, 0.5) is 5.69 Å². The van der Waals surface area contributed by atoms with E-state index in [0.717, 1.165) is 11.3 Å². The van der Waals surface area contributed by atoms with Crippen LogP contribution in [-0.2, 0) is 6.54 Å². The minimum atomic E-state index is -0.120. The van der Waals surface area contributed by atoms with Gasteiger partial charge in [-0.05, 0) is 23.8 Å². The minimum Gasteiger partial charge on any atom is -0.387 e. The summed E-state index contributed by atoms with van der Waals surface area (Å²) >= 11 is 6.05. The monoisotopic (exact) mass is 274 g/mol. The molecule has 0 fully saturated rings. The molecule has 2 rings (SSSR count). The van der Waals surface area contributed by atoms with E-state index in [1.165, 1.54) is 0 Å². The Hall–Kier alpha value is -2.00. The second kappa shape index (κ2) is 6.25. The molecule has 0 unspecified atom stereocenters. The van der Waals surface area contributed by atoms with E-state index in [1.54, 1.807) is 13.1 Å². The number of hydrogen-bond donors (Lipinski definition) is 2. The van der Waals surface area contributed by atoms with Crippen molar-refractivity contribution < 1.29 is 4.79 Å². The van der Waals surface area contributed by atoms with Crippen molar-refractivity contribution in [1.29, 1.82) is 0 Å². The molecular formula is C15H15ClN2O. The van der Waals surface area contributed by atoms with E-state index in [1.807, 2.05) is 42.5 Å². The summed E-state index contributed by atoms with van der Waals surface area (Å²) in [6.07, 6.45) is 0. The lowest BCUT2D eigenvalue weighted by Crippen LogP contribution is -2.23. The van der Waals surface area contributed by atoms with Gasteiger partial charge in [0.2, 0.25) is 0 Å². The third kappa shape index (κ3) is 3.26. The number of halogens is 1. The highest BCUT2D eigenvalue weighted by molar-refractivity contribution is 6.31. The van der Waals surface area contributed by atoms with Crippen LogP contribution in [0.5, 0.6) is 0 Å². The Balaban J connectivity index is 2.08. The summed E-state index contributed by atoms with van der Waals surface area (Å²) in [7, 11) is 1.79. The Morgan fingerprint density at radius 3 is 2.53 bits per heavy atom. The minimum absolute atomic E-state index is 0.120. The van der Waals surface area contributed by atoms with Crippen LogP contribution >= 0.6 is 11.6 Å². The summed E-state index contributed by atoms with van der Waals surface area (Å²) in [5.41, 5.74) is 2.33. The molecule has 0 aliphatic heterocycles. The molecule has 0 radical (unpaired) electrons. The van der Waals surface area contributed by atoms with Crippen molar-refractivity contribution in [3.05, 3.63) is 64.7 Å². The Bertz CT molecular complexity index is 584. The fraction of sp³-hybridized carbons (Fsp3) is 0.133. The van der Waals surface area contributed by atoms with Crippen LogP contribution < -0.4 is 10.6 Å². The molecule has 0 aromatic heterocycles. The number of carbonyl (C=O) groups is 1. The summed E-state index contributed by atoms with van der Waals surface area (Å²) in [6.45, 7) is 0.413. The molecule has 2 N–H and O–H groups in total. The van der Waals surface area contributed by atoms with Gasteiger partial charge < -0.3 is 10.6 Å². The van der Waals surface area contributed by atoms with Crippen molar-refractivity contribution in [2.75, 3.05) is 12.4 Å². The van der Waals surface area contributed by atoms with E-state index in [-0.39, 0.29) is 5.91 Å². The highest BCUT2D eigenvalue weighted by Crippen LogP contribution is 2.16. The number of hydrogen-bond acceptors (Lipinski definition) is 2. The largest absolute Gasteiger partial charge is 0.387 e. The molecule has 0 saturated heterocycles. The van der Waals surface area contributed by atoms with Crippen LogP contribution in [0, 0.1) is 0 Å². The molecular weight excluding hydrogens is 260 g/mol. The van der Waals surface area contributed by atoms with E-state index in [4.69, 9.17) is 11.6 Å². The summed E-state index contributed by atoms with van der Waals surface area (Å²) in [5.74, 6) is -0.120. The number of para-hydroxylation sites is 1. The lowest BCUT2D eigenvalue weighted by Gasteiger charge is -2.10. The van der Waals surface area contributed by atoms with Crippen LogP contribution in [0.15, 0.2) is 48.5 Å². The Morgan fingerprint density at radius 1 is 1.11 bits per heavy atom. The van der Waals surface area contributed by atoms with Gasteiger partial charge in [-0.1, -0.05) is 41.9 Å². The Morgan fingerprint density at radius 2 is 1.79 bits per heavy atom. The molecule has 4 heteroatoms. The predicted molar refractivity (Wildman–Crippen MR) is 78.6 cm³/mol. The highest BCUT2D eigenvalue weighted by atomic mass is 35.5. The molecule has 1 amide bonds. The average molecular weight is 275 g/mol. The van der Waals surface area contributed by atoms with Crippen molar-refractivity contribution in [3.63, 3.8) is 0 Å². The zero-order valence-corrected chi connectivity index (χ0v) is 11.4. The standard InChI is InChI=1S/C15H15ClN2O/c1-17-14-9-5-3-7-12(14)15(19)18-10-11-6-2-4-8-13(11)16/h2-9,17H,10H2,1H3,(H,18,19). The van der Waals surface area contributed by atoms with Gasteiger partial charge in [0.25, 0.3) is 5.91 Å². The second-order valence-corrected chi connectivity index (χ2v) is 4.48. The summed E-state index contributed by atoms with van der Waals surface area (Å²) in [4.78, 5) is 12.1. The highest BCUT2D eigenvalue weighted by Gasteiger charge is 2.10. The van der Waals surface area contributed by atoms with Crippen molar-refractivity contribution in [3.8, 4) is 0 Å². The maximum Gasteiger partial charge on any atom is 0.253 e. The number of rotatable bonds is 4. The Labute approximate surface area is 117 Å². The van der Waals surface area contributed by atoms with Gasteiger partial charge in [0.15, 0.2) is 0 Å². The fourth-order valence-corrected chi connectivity index (χ4v) is 2.01. The first kappa shape index (κ1) is 13.4. The van der Waals surface area contributed by atoms with Gasteiger partial charge in [-0.2, -0.15) is 0 Å². The summed E-state index contributed by atoms with van der Waals surface area (Å²) in [5, 5.41) is 6.52. The SMILES string of the molecule is CNc1ccccc1C(=O)NCc1ccccc1Cl. The molecule has 2 aromatic rings. The van der Waals surface area contributed by atoms with Crippen molar-refractivity contribution in [2.45, 2.75) is 6.54 Å². The maximum absolute atomic E-state index is 12.1. The zero-order valence-electron chi connectivity index (χ0n) is 10.6. The first-order valence-electron chi connectivity index (χ1n) is 6.00. The van der Waals surface area contributed by atoms with Gasteiger partial charge in [0.1, 0.15) is 0 Å². The molecule has 0 spiro atoms. The summed E-state index contributed by atoms with van der Waals surface area (Å²) < 4.78 is 0. The fourth-order valence-electron chi connectivity index (χ4n) is 1.81. The molecule has 0 heterocycles. The van der Waals surface area contributed by atoms with Gasteiger partial charge in [0.05, 0.1) is 5.56 Å². The van der Waals surface area contributed by atoms with Gasteiger partial charge in [-0.3, -0.25) is 4.79 Å². The topological polar surface area (TPSA) is 41.1 Å². The lowest BCUT2D eigenvalue weighted by atomic mass is 10.1. The molecule has 0 bridgehead atoms. The van der Waals surface area contributed by atoms with Gasteiger partial charge in [-0.15, -0.1) is 0 Å². The Kier molecular flexibility index (Phi) is 4.42. The number of benzene rings is 2. The number of nitrogens with one attached hydrogen (secondary N) is 2. The van der Waals surface area contributed by atoms with Gasteiger partial charge in [0, 0.05) is 24.3 Å². The predicted octanol–water partition coefficient (Wildman–Crippen LogP) is 3.31. The number of amides is 1. The van der Waals surface area contributed by atoms with Crippen molar-refractivity contribution in [1.82, 2.24) is 5.32 Å². The van der Waals surface area contributed by atoms with Crippen molar-refractivity contribution >= 4 is 23.2 Å². The molecule has 3 nitrogen and oxygen atoms in total. The lowest BCUT2D eigenvalue weighted by molar-refractivity contribution is 0.0951. The number of carbonyl (C=O) groups excluding carboxylic acids is 1. The molecule has 0 saturated carbocycles. The van der Waals surface area contributed by atoms with Crippen LogP contribution in [0.25, 0.3) is 0 Å². The van der Waals surface area contributed by atoms with Crippen molar-refractivity contribution in [2.24, 2.45) is 0 Å². The van der Waals surface area contributed by atoms with Crippen LogP contribution in [0.1, 0.15) is 15.9 Å². The van der Waals surface area contributed by atoms with E-state index >= 15 is 0 Å². The maximum atomic E-state index is 12.1. The quantitative estimate of drug-likeness (QED) is 0.898. The van der Waals surface area contributed by atoms with Gasteiger partial charge >= 0.3 is 0 Å². The zero-order chi connectivity index (χ0) is 13.7. The molecule has 19 heavy (non-hydrogen) atoms. The number of anilines is 1. The molecule has 2 aromatic carbocycles. The van der Waals surface area contributed by atoms with E-state index < -0.39 is 0 Å². The molecule has 98 valence electrons. The van der Waals surface area contributed by atoms with Crippen LogP contribution in [-0.4, -0.2) is 13.0 Å². The molecule has 0 atom stereocenters. The molecule has 0 aliphatic carbocycles. The second-order valence-electron chi connectivity index (χ2n) is 4.07. The first-order valence-corrected chi connectivity index (χ1v) is 6.38. The first-order chi connectivity index (χ1) is 9.22. The average Bonchev–Trinajstić information content (AvgIpc) is 2.46. The molecule has 0 aliphatic rings. The van der Waals surface area contributed by atoms with E-state index in [0.29, 0.717) is 17.1 Å². The normalized spacial score (nSPS) is 10.0. The third-order valence-corrected chi connectivity index (χ3v) is 3.21. The van der Waals surface area contributed by atoms with E-state index in [9.17, 15) is 4.79 Å². The van der Waals surface area contributed by atoms with Crippen LogP contribution in [0.3, 0.4) is 0 Å². The summed E-state index contributed by atoms with van der Waals surface area (Å²) in [6, 6.07) is 14.8.